The summed E-state index contributed by atoms with van der Waals surface area (Å²) in [6.07, 6.45) is 0.0112. The Morgan fingerprint density at radius 1 is 0.943 bits per heavy atom. The molecule has 1 aliphatic heterocycles. The number of anilines is 1. The van der Waals surface area contributed by atoms with Gasteiger partial charge in [-0.1, -0.05) is 30.3 Å². The largest absolute Gasteiger partial charge is 0.507 e. The van der Waals surface area contributed by atoms with Gasteiger partial charge in [0, 0.05) is 11.3 Å². The van der Waals surface area contributed by atoms with Crippen molar-refractivity contribution in [2.24, 2.45) is 0 Å². The Morgan fingerprint density at radius 2 is 1.60 bits per heavy atom. The normalized spacial score (nSPS) is 17.2. The summed E-state index contributed by atoms with van der Waals surface area (Å²) in [4.78, 5) is 28.1. The molecule has 1 aliphatic rings. The van der Waals surface area contributed by atoms with Gasteiger partial charge < -0.3 is 14.6 Å². The van der Waals surface area contributed by atoms with Crippen LogP contribution in [0.25, 0.3) is 5.76 Å². The number of Topliss-reactive ketones (excluding diaryl/α,β-unsaturated/α-hetero) is 1. The molecule has 3 aromatic carbocycles. The molecule has 0 bridgehead atoms. The number of ether oxygens (including phenoxy) is 2. The van der Waals surface area contributed by atoms with Gasteiger partial charge >= 0.3 is 0 Å². The number of para-hydroxylation sites is 1. The predicted molar refractivity (Wildman–Crippen MR) is 136 cm³/mol. The standard InChI is InChI=1S/C29H29NO5/c1-17(2)35-22-13-11-20(12-14-22)26-25(27(31)23-15-19(4)24(34-5)16-18(23)3)28(32)29(33)30(26)21-9-7-6-8-10-21/h6-17,26,31H,1-5H3/b27-25+. The highest BCUT2D eigenvalue weighted by molar-refractivity contribution is 6.51. The molecule has 1 fully saturated rings. The van der Waals surface area contributed by atoms with E-state index in [4.69, 9.17) is 9.47 Å². The van der Waals surface area contributed by atoms with Gasteiger partial charge in [-0.2, -0.15) is 0 Å². The van der Waals surface area contributed by atoms with Gasteiger partial charge in [-0.05, 0) is 80.8 Å². The van der Waals surface area contributed by atoms with E-state index in [0.717, 1.165) is 11.1 Å². The Hall–Kier alpha value is -4.06. The average molecular weight is 472 g/mol. The van der Waals surface area contributed by atoms with Crippen LogP contribution in [-0.2, 0) is 9.59 Å². The zero-order valence-electron chi connectivity index (χ0n) is 20.5. The number of aryl methyl sites for hydroxylation is 2. The molecule has 0 saturated carbocycles. The average Bonchev–Trinajstić information content (AvgIpc) is 3.11. The smallest absolute Gasteiger partial charge is 0.300 e. The third-order valence-corrected chi connectivity index (χ3v) is 6.04. The number of carbonyl (C=O) groups is 2. The second-order valence-corrected chi connectivity index (χ2v) is 8.88. The Morgan fingerprint density at radius 3 is 2.20 bits per heavy atom. The number of rotatable bonds is 6. The summed E-state index contributed by atoms with van der Waals surface area (Å²) < 4.78 is 11.1. The van der Waals surface area contributed by atoms with Crippen LogP contribution in [0.2, 0.25) is 0 Å². The second kappa shape index (κ2) is 9.66. The number of hydrogen-bond donors (Lipinski definition) is 1. The molecule has 1 saturated heterocycles. The van der Waals surface area contributed by atoms with Gasteiger partial charge in [0.05, 0.1) is 24.8 Å². The zero-order valence-corrected chi connectivity index (χ0v) is 20.5. The van der Waals surface area contributed by atoms with E-state index in [0.29, 0.717) is 28.3 Å². The van der Waals surface area contributed by atoms with Crippen LogP contribution in [0.1, 0.15) is 42.1 Å². The van der Waals surface area contributed by atoms with Crippen LogP contribution < -0.4 is 14.4 Å². The van der Waals surface area contributed by atoms with E-state index in [1.54, 1.807) is 25.3 Å². The summed E-state index contributed by atoms with van der Waals surface area (Å²) in [5.74, 6) is -0.263. The van der Waals surface area contributed by atoms with Gasteiger partial charge in [-0.3, -0.25) is 14.5 Å². The molecule has 6 nitrogen and oxygen atoms in total. The van der Waals surface area contributed by atoms with Gasteiger partial charge in [-0.15, -0.1) is 0 Å². The SMILES string of the molecule is COc1cc(C)c(/C(O)=C2\C(=O)C(=O)N(c3ccccc3)C2c2ccc(OC(C)C)cc2)cc1C. The molecule has 0 spiro atoms. The first-order valence-corrected chi connectivity index (χ1v) is 11.5. The Bertz CT molecular complexity index is 1290. The molecular formula is C29H29NO5. The summed E-state index contributed by atoms with van der Waals surface area (Å²) in [6, 6.07) is 19.1. The minimum absolute atomic E-state index is 0.0112. The number of carbonyl (C=O) groups excluding carboxylic acids is 2. The molecule has 1 atom stereocenters. The maximum absolute atomic E-state index is 13.4. The van der Waals surface area contributed by atoms with E-state index in [-0.39, 0.29) is 17.4 Å². The van der Waals surface area contributed by atoms with Gasteiger partial charge in [0.15, 0.2) is 0 Å². The quantitative estimate of drug-likeness (QED) is 0.282. The molecular weight excluding hydrogens is 442 g/mol. The van der Waals surface area contributed by atoms with Crippen molar-refractivity contribution in [3.8, 4) is 11.5 Å². The molecule has 3 aromatic rings. The number of hydrogen-bond acceptors (Lipinski definition) is 5. The number of amides is 1. The van der Waals surface area contributed by atoms with Crippen molar-refractivity contribution in [1.82, 2.24) is 0 Å². The van der Waals surface area contributed by atoms with Crippen molar-refractivity contribution in [1.29, 1.82) is 0 Å². The number of nitrogens with zero attached hydrogens (tertiary/aromatic N) is 1. The van der Waals surface area contributed by atoms with Crippen LogP contribution in [0, 0.1) is 13.8 Å². The topological polar surface area (TPSA) is 76.1 Å². The van der Waals surface area contributed by atoms with Crippen molar-refractivity contribution in [3.05, 3.63) is 94.6 Å². The van der Waals surface area contributed by atoms with Crippen LogP contribution >= 0.6 is 0 Å². The monoisotopic (exact) mass is 471 g/mol. The van der Waals surface area contributed by atoms with Gasteiger partial charge in [-0.25, -0.2) is 0 Å². The van der Waals surface area contributed by atoms with E-state index >= 15 is 0 Å². The fourth-order valence-electron chi connectivity index (χ4n) is 4.41. The second-order valence-electron chi connectivity index (χ2n) is 8.88. The molecule has 6 heteroatoms. The Labute approximate surface area is 205 Å². The summed E-state index contributed by atoms with van der Waals surface area (Å²) >= 11 is 0. The molecule has 4 rings (SSSR count). The number of ketones is 1. The molecule has 35 heavy (non-hydrogen) atoms. The van der Waals surface area contributed by atoms with Crippen molar-refractivity contribution in [3.63, 3.8) is 0 Å². The van der Waals surface area contributed by atoms with Crippen molar-refractivity contribution >= 4 is 23.1 Å². The zero-order chi connectivity index (χ0) is 25.3. The summed E-state index contributed by atoms with van der Waals surface area (Å²) in [5.41, 5.74) is 3.33. The molecule has 1 N–H and O–H groups in total. The molecule has 0 aliphatic carbocycles. The van der Waals surface area contributed by atoms with Crippen LogP contribution in [0.5, 0.6) is 11.5 Å². The van der Waals surface area contributed by atoms with E-state index in [1.807, 2.05) is 76.2 Å². The highest BCUT2D eigenvalue weighted by Gasteiger charge is 2.47. The first-order chi connectivity index (χ1) is 16.7. The van der Waals surface area contributed by atoms with Crippen molar-refractivity contribution in [2.45, 2.75) is 39.8 Å². The lowest BCUT2D eigenvalue weighted by atomic mass is 9.93. The molecule has 1 heterocycles. The molecule has 0 radical (unpaired) electrons. The summed E-state index contributed by atoms with van der Waals surface area (Å²) in [5, 5.41) is 11.5. The Balaban J connectivity index is 1.92. The first kappa shape index (κ1) is 24.1. The molecule has 180 valence electrons. The van der Waals surface area contributed by atoms with Crippen LogP contribution in [0.15, 0.2) is 72.3 Å². The van der Waals surface area contributed by atoms with E-state index < -0.39 is 17.7 Å². The number of benzene rings is 3. The summed E-state index contributed by atoms with van der Waals surface area (Å²) in [7, 11) is 1.58. The lowest BCUT2D eigenvalue weighted by Crippen LogP contribution is -2.29. The number of methoxy groups -OCH3 is 1. The lowest BCUT2D eigenvalue weighted by Gasteiger charge is -2.26. The van der Waals surface area contributed by atoms with Crippen LogP contribution in [0.3, 0.4) is 0 Å². The maximum Gasteiger partial charge on any atom is 0.300 e. The van der Waals surface area contributed by atoms with Gasteiger partial charge in [0.1, 0.15) is 17.3 Å². The van der Waals surface area contributed by atoms with E-state index in [2.05, 4.69) is 0 Å². The fourth-order valence-corrected chi connectivity index (χ4v) is 4.41. The van der Waals surface area contributed by atoms with E-state index in [9.17, 15) is 14.7 Å². The first-order valence-electron chi connectivity index (χ1n) is 11.5. The van der Waals surface area contributed by atoms with Crippen LogP contribution in [-0.4, -0.2) is 30.0 Å². The van der Waals surface area contributed by atoms with Crippen LogP contribution in [0.4, 0.5) is 5.69 Å². The molecule has 1 amide bonds. The Kier molecular flexibility index (Phi) is 6.65. The minimum atomic E-state index is -0.799. The van der Waals surface area contributed by atoms with E-state index in [1.165, 1.54) is 4.90 Å². The lowest BCUT2D eigenvalue weighted by molar-refractivity contribution is -0.132. The van der Waals surface area contributed by atoms with Gasteiger partial charge in [0.25, 0.3) is 11.7 Å². The predicted octanol–water partition coefficient (Wildman–Crippen LogP) is 5.73. The highest BCUT2D eigenvalue weighted by atomic mass is 16.5. The number of aliphatic hydroxyl groups is 1. The summed E-state index contributed by atoms with van der Waals surface area (Å²) in [6.45, 7) is 7.58. The van der Waals surface area contributed by atoms with Gasteiger partial charge in [0.2, 0.25) is 0 Å². The van der Waals surface area contributed by atoms with Crippen molar-refractivity contribution < 1.29 is 24.2 Å². The third kappa shape index (κ3) is 4.52. The fraction of sp³-hybridized carbons (Fsp3) is 0.241. The highest BCUT2D eigenvalue weighted by Crippen LogP contribution is 2.43. The molecule has 1 unspecified atom stereocenters. The van der Waals surface area contributed by atoms with Crippen molar-refractivity contribution in [2.75, 3.05) is 12.0 Å². The minimum Gasteiger partial charge on any atom is -0.507 e. The molecule has 0 aromatic heterocycles. The maximum atomic E-state index is 13.4. The number of aliphatic hydroxyl groups excluding tert-OH is 1. The third-order valence-electron chi connectivity index (χ3n) is 6.04.